The fraction of sp³-hybridized carbons (Fsp3) is 0.211. The smallest absolute Gasteiger partial charge is 0.388 e. The zero-order valence-electron chi connectivity index (χ0n) is 15.2. The second-order valence-corrected chi connectivity index (χ2v) is 8.56. The number of amides is 1. The SMILES string of the molecule is COc1ccc(C=CC(=O)NC2(C(Cl)(Cl)Cl)Oc3ccc(Cl)cc3O2)cc1OC. The van der Waals surface area contributed by atoms with Crippen LogP contribution in [0.2, 0.25) is 5.02 Å². The molecule has 1 amide bonds. The first kappa shape index (κ1) is 21.7. The monoisotopic (exact) mass is 477 g/mol. The van der Waals surface area contributed by atoms with E-state index in [-0.39, 0.29) is 11.5 Å². The molecule has 1 aliphatic heterocycles. The third-order valence-corrected chi connectivity index (χ3v) is 4.89. The maximum atomic E-state index is 12.5. The van der Waals surface area contributed by atoms with Crippen LogP contribution in [-0.2, 0) is 4.79 Å². The van der Waals surface area contributed by atoms with Crippen molar-refractivity contribution < 1.29 is 23.7 Å². The number of halogens is 4. The fourth-order valence-electron chi connectivity index (χ4n) is 2.55. The lowest BCUT2D eigenvalue weighted by atomic mass is 10.2. The van der Waals surface area contributed by atoms with E-state index < -0.39 is 15.6 Å². The van der Waals surface area contributed by atoms with Crippen LogP contribution in [0.25, 0.3) is 6.08 Å². The largest absolute Gasteiger partial charge is 0.493 e. The molecule has 10 heteroatoms. The Labute approximate surface area is 187 Å². The van der Waals surface area contributed by atoms with E-state index in [4.69, 9.17) is 65.4 Å². The molecule has 1 N–H and O–H groups in total. The van der Waals surface area contributed by atoms with Crippen molar-refractivity contribution in [2.24, 2.45) is 0 Å². The number of methoxy groups -OCH3 is 2. The van der Waals surface area contributed by atoms with Crippen molar-refractivity contribution in [2.75, 3.05) is 14.2 Å². The predicted molar refractivity (Wildman–Crippen MR) is 112 cm³/mol. The van der Waals surface area contributed by atoms with Gasteiger partial charge in [0.15, 0.2) is 23.0 Å². The van der Waals surface area contributed by atoms with Gasteiger partial charge in [0.2, 0.25) is 5.91 Å². The zero-order chi connectivity index (χ0) is 21.2. The van der Waals surface area contributed by atoms with Gasteiger partial charge in [0.05, 0.1) is 14.2 Å². The number of carbonyl (C=O) groups is 1. The van der Waals surface area contributed by atoms with Gasteiger partial charge in [0, 0.05) is 17.2 Å². The molecule has 154 valence electrons. The van der Waals surface area contributed by atoms with Crippen LogP contribution in [0, 0.1) is 0 Å². The summed E-state index contributed by atoms with van der Waals surface area (Å²) in [6.45, 7) is 0. The van der Waals surface area contributed by atoms with E-state index in [0.29, 0.717) is 22.1 Å². The number of carbonyl (C=O) groups excluding carboxylic acids is 1. The lowest BCUT2D eigenvalue weighted by molar-refractivity contribution is -0.140. The summed E-state index contributed by atoms with van der Waals surface area (Å²) in [6, 6.07) is 9.77. The topological polar surface area (TPSA) is 66.0 Å². The minimum absolute atomic E-state index is 0.230. The van der Waals surface area contributed by atoms with E-state index in [0.717, 1.165) is 0 Å². The number of benzene rings is 2. The van der Waals surface area contributed by atoms with Gasteiger partial charge in [-0.15, -0.1) is 0 Å². The molecular formula is C19H15Cl4NO5. The number of hydrogen-bond donors (Lipinski definition) is 1. The van der Waals surface area contributed by atoms with Crippen molar-refractivity contribution in [2.45, 2.75) is 9.70 Å². The normalized spacial score (nSPS) is 18.0. The highest BCUT2D eigenvalue weighted by Crippen LogP contribution is 2.49. The van der Waals surface area contributed by atoms with Crippen LogP contribution in [0.3, 0.4) is 0 Å². The Morgan fingerprint density at radius 2 is 1.72 bits per heavy atom. The molecule has 0 aliphatic carbocycles. The molecule has 2 aromatic carbocycles. The number of alkyl halides is 3. The average molecular weight is 479 g/mol. The van der Waals surface area contributed by atoms with Crippen molar-refractivity contribution in [3.05, 3.63) is 53.1 Å². The summed E-state index contributed by atoms with van der Waals surface area (Å²) in [6.07, 6.45) is 2.78. The minimum atomic E-state index is -2.15. The van der Waals surface area contributed by atoms with Crippen molar-refractivity contribution in [3.63, 3.8) is 0 Å². The van der Waals surface area contributed by atoms with Crippen LogP contribution in [-0.4, -0.2) is 29.8 Å². The lowest BCUT2D eigenvalue weighted by Crippen LogP contribution is -2.63. The molecule has 6 nitrogen and oxygen atoms in total. The summed E-state index contributed by atoms with van der Waals surface area (Å²) in [7, 11) is 3.05. The first-order valence-electron chi connectivity index (χ1n) is 8.14. The Kier molecular flexibility index (Phi) is 6.29. The average Bonchev–Trinajstić information content (AvgIpc) is 3.04. The summed E-state index contributed by atoms with van der Waals surface area (Å²) < 4.78 is 19.5. The molecule has 1 unspecified atom stereocenters. The van der Waals surface area contributed by atoms with Gasteiger partial charge in [-0.2, -0.15) is 0 Å². The van der Waals surface area contributed by atoms with E-state index in [1.165, 1.54) is 26.4 Å². The molecule has 1 heterocycles. The first-order chi connectivity index (χ1) is 13.7. The second-order valence-electron chi connectivity index (χ2n) is 5.85. The van der Waals surface area contributed by atoms with Gasteiger partial charge in [-0.25, -0.2) is 0 Å². The van der Waals surface area contributed by atoms with Crippen LogP contribution in [0.4, 0.5) is 0 Å². The molecule has 2 aromatic rings. The molecule has 0 aromatic heterocycles. The summed E-state index contributed by atoms with van der Waals surface area (Å²) in [4.78, 5) is 12.5. The number of nitrogens with one attached hydrogen (secondary N) is 1. The summed E-state index contributed by atoms with van der Waals surface area (Å²) in [5, 5.41) is 2.85. The van der Waals surface area contributed by atoms with Gasteiger partial charge in [-0.05, 0) is 35.9 Å². The van der Waals surface area contributed by atoms with Gasteiger partial charge in [-0.1, -0.05) is 52.5 Å². The molecule has 1 aliphatic rings. The standard InChI is InChI=1S/C19H15Cl4NO5/c1-26-13-6-3-11(9-15(13)27-2)4-8-17(25)24-19(18(21,22)23)28-14-7-5-12(20)10-16(14)29-19/h3-10H,1-2H3,(H,24,25). The van der Waals surface area contributed by atoms with Gasteiger partial charge >= 0.3 is 5.91 Å². The van der Waals surface area contributed by atoms with Crippen molar-refractivity contribution in [3.8, 4) is 23.0 Å². The van der Waals surface area contributed by atoms with Crippen molar-refractivity contribution >= 4 is 58.4 Å². The number of ether oxygens (including phenoxy) is 4. The number of hydrogen-bond acceptors (Lipinski definition) is 5. The highest BCUT2D eigenvalue weighted by atomic mass is 35.6. The molecule has 1 atom stereocenters. The highest BCUT2D eigenvalue weighted by Gasteiger charge is 2.59. The maximum absolute atomic E-state index is 12.5. The predicted octanol–water partition coefficient (Wildman–Crippen LogP) is 4.98. The minimum Gasteiger partial charge on any atom is -0.493 e. The van der Waals surface area contributed by atoms with E-state index in [1.54, 1.807) is 36.4 Å². The molecule has 0 saturated heterocycles. The molecule has 3 rings (SSSR count). The molecule has 0 radical (unpaired) electrons. The quantitative estimate of drug-likeness (QED) is 0.484. The van der Waals surface area contributed by atoms with E-state index in [1.807, 2.05) is 0 Å². The summed E-state index contributed by atoms with van der Waals surface area (Å²) >= 11 is 24.1. The molecule has 0 bridgehead atoms. The number of rotatable bonds is 5. The Bertz CT molecular complexity index is 960. The highest BCUT2D eigenvalue weighted by molar-refractivity contribution is 6.68. The maximum Gasteiger partial charge on any atom is 0.388 e. The second kappa shape index (κ2) is 8.40. The number of fused-ring (bicyclic) bond motifs is 1. The Balaban J connectivity index is 1.80. The third kappa shape index (κ3) is 4.61. The Morgan fingerprint density at radius 1 is 1.03 bits per heavy atom. The fourth-order valence-corrected chi connectivity index (χ4v) is 3.08. The summed E-state index contributed by atoms with van der Waals surface area (Å²) in [5.41, 5.74) is 0.684. The lowest BCUT2D eigenvalue weighted by Gasteiger charge is -2.33. The van der Waals surface area contributed by atoms with Crippen molar-refractivity contribution in [1.29, 1.82) is 0 Å². The van der Waals surface area contributed by atoms with Gasteiger partial charge in [0.25, 0.3) is 3.79 Å². The first-order valence-corrected chi connectivity index (χ1v) is 9.65. The van der Waals surface area contributed by atoms with Gasteiger partial charge in [0.1, 0.15) is 0 Å². The van der Waals surface area contributed by atoms with Crippen LogP contribution in [0.1, 0.15) is 5.56 Å². The summed E-state index contributed by atoms with van der Waals surface area (Å²) in [5.74, 6) is -1.11. The molecular weight excluding hydrogens is 464 g/mol. The Hall–Kier alpha value is -1.99. The van der Waals surface area contributed by atoms with Crippen molar-refractivity contribution in [1.82, 2.24) is 5.32 Å². The molecule has 0 spiro atoms. The third-order valence-electron chi connectivity index (χ3n) is 3.91. The van der Waals surface area contributed by atoms with Crippen LogP contribution in [0.5, 0.6) is 23.0 Å². The van der Waals surface area contributed by atoms with Crippen LogP contribution >= 0.6 is 46.4 Å². The van der Waals surface area contributed by atoms with Gasteiger partial charge in [-0.3, -0.25) is 10.1 Å². The molecule has 0 saturated carbocycles. The van der Waals surface area contributed by atoms with Gasteiger partial charge < -0.3 is 18.9 Å². The van der Waals surface area contributed by atoms with E-state index in [2.05, 4.69) is 5.32 Å². The molecule has 0 fully saturated rings. The molecule has 29 heavy (non-hydrogen) atoms. The van der Waals surface area contributed by atoms with Crippen LogP contribution < -0.4 is 24.3 Å². The van der Waals surface area contributed by atoms with E-state index in [9.17, 15) is 4.79 Å². The van der Waals surface area contributed by atoms with E-state index >= 15 is 0 Å². The Morgan fingerprint density at radius 3 is 2.38 bits per heavy atom. The zero-order valence-corrected chi connectivity index (χ0v) is 18.2. The van der Waals surface area contributed by atoms with Crippen LogP contribution in [0.15, 0.2) is 42.5 Å².